The molecule has 0 N–H and O–H groups in total. The van der Waals surface area contributed by atoms with Gasteiger partial charge in [-0.05, 0) is 25.1 Å². The van der Waals surface area contributed by atoms with E-state index in [4.69, 9.17) is 9.15 Å². The number of esters is 1. The summed E-state index contributed by atoms with van der Waals surface area (Å²) in [5.74, 6) is 0.318. The van der Waals surface area contributed by atoms with Gasteiger partial charge in [-0.1, -0.05) is 6.07 Å². The standard InChI is InChI=1S/C18H23FN4O3/c1-13-11-22(8-9-23(13)7-6-17(24)25-2)12-16-20-21-18(26-16)14-4-3-5-15(19)10-14/h3-5,10,13H,6-9,11-12H2,1-2H3. The molecule has 3 rings (SSSR count). The Balaban J connectivity index is 1.54. The van der Waals surface area contributed by atoms with E-state index >= 15 is 0 Å². The molecule has 7 nitrogen and oxygen atoms in total. The lowest BCUT2D eigenvalue weighted by Gasteiger charge is -2.39. The molecule has 1 atom stereocenters. The number of ether oxygens (including phenoxy) is 1. The number of carbonyl (C=O) groups is 1. The molecule has 1 aliphatic rings. The smallest absolute Gasteiger partial charge is 0.306 e. The molecule has 1 saturated heterocycles. The van der Waals surface area contributed by atoms with Crippen LogP contribution >= 0.6 is 0 Å². The first-order chi connectivity index (χ1) is 12.5. The quantitative estimate of drug-likeness (QED) is 0.727. The maximum Gasteiger partial charge on any atom is 0.306 e. The van der Waals surface area contributed by atoms with E-state index in [1.807, 2.05) is 0 Å². The molecule has 1 aromatic heterocycles. The van der Waals surface area contributed by atoms with E-state index < -0.39 is 0 Å². The molecule has 1 fully saturated rings. The van der Waals surface area contributed by atoms with Crippen molar-refractivity contribution in [1.29, 1.82) is 0 Å². The molecule has 2 aromatic rings. The molecule has 0 spiro atoms. The molecule has 0 amide bonds. The third-order valence-electron chi connectivity index (χ3n) is 4.58. The third kappa shape index (κ3) is 4.64. The number of nitrogens with zero attached hydrogens (tertiary/aromatic N) is 4. The summed E-state index contributed by atoms with van der Waals surface area (Å²) in [5, 5.41) is 8.09. The number of methoxy groups -OCH3 is 1. The monoisotopic (exact) mass is 362 g/mol. The van der Waals surface area contributed by atoms with Crippen LogP contribution in [0.15, 0.2) is 28.7 Å². The lowest BCUT2D eigenvalue weighted by Crippen LogP contribution is -2.51. The zero-order valence-corrected chi connectivity index (χ0v) is 15.0. The first-order valence-corrected chi connectivity index (χ1v) is 8.66. The average Bonchev–Trinajstić information content (AvgIpc) is 3.09. The van der Waals surface area contributed by atoms with Gasteiger partial charge in [-0.15, -0.1) is 10.2 Å². The first kappa shape index (κ1) is 18.5. The Morgan fingerprint density at radius 2 is 2.23 bits per heavy atom. The highest BCUT2D eigenvalue weighted by atomic mass is 19.1. The summed E-state index contributed by atoms with van der Waals surface area (Å²) in [7, 11) is 1.41. The molecule has 26 heavy (non-hydrogen) atoms. The largest absolute Gasteiger partial charge is 0.469 e. The molecule has 1 unspecified atom stereocenters. The van der Waals surface area contributed by atoms with Crippen LogP contribution in [0.25, 0.3) is 11.5 Å². The second-order valence-electron chi connectivity index (χ2n) is 6.46. The van der Waals surface area contributed by atoms with Crippen LogP contribution in [0.1, 0.15) is 19.2 Å². The molecule has 0 bridgehead atoms. The summed E-state index contributed by atoms with van der Waals surface area (Å²) in [6, 6.07) is 6.42. The predicted molar refractivity (Wildman–Crippen MR) is 92.6 cm³/mol. The maximum atomic E-state index is 13.3. The average molecular weight is 362 g/mol. The zero-order chi connectivity index (χ0) is 18.5. The zero-order valence-electron chi connectivity index (χ0n) is 15.0. The number of hydrogen-bond donors (Lipinski definition) is 0. The first-order valence-electron chi connectivity index (χ1n) is 8.66. The number of hydrogen-bond acceptors (Lipinski definition) is 7. The molecule has 1 aliphatic heterocycles. The van der Waals surface area contributed by atoms with Crippen molar-refractivity contribution in [2.45, 2.75) is 25.9 Å². The van der Waals surface area contributed by atoms with Crippen LogP contribution in [0.3, 0.4) is 0 Å². The number of aromatic nitrogens is 2. The van der Waals surface area contributed by atoms with Crippen molar-refractivity contribution in [3.8, 4) is 11.5 Å². The van der Waals surface area contributed by atoms with Crippen molar-refractivity contribution in [3.05, 3.63) is 36.0 Å². The fourth-order valence-electron chi connectivity index (χ4n) is 3.13. The van der Waals surface area contributed by atoms with Gasteiger partial charge in [-0.2, -0.15) is 0 Å². The van der Waals surface area contributed by atoms with Gasteiger partial charge in [0.15, 0.2) is 0 Å². The van der Waals surface area contributed by atoms with Crippen LogP contribution in [-0.2, 0) is 16.1 Å². The minimum Gasteiger partial charge on any atom is -0.469 e. The van der Waals surface area contributed by atoms with Crippen LogP contribution in [0.2, 0.25) is 0 Å². The van der Waals surface area contributed by atoms with Crippen molar-refractivity contribution < 1.29 is 18.3 Å². The Morgan fingerprint density at radius 1 is 1.38 bits per heavy atom. The summed E-state index contributed by atoms with van der Waals surface area (Å²) in [5.41, 5.74) is 0.574. The molecule has 0 saturated carbocycles. The highest BCUT2D eigenvalue weighted by Gasteiger charge is 2.25. The van der Waals surface area contributed by atoms with Gasteiger partial charge in [0, 0.05) is 37.8 Å². The highest BCUT2D eigenvalue weighted by Crippen LogP contribution is 2.20. The molecule has 8 heteroatoms. The van der Waals surface area contributed by atoms with Crippen LogP contribution < -0.4 is 0 Å². The molecule has 140 valence electrons. The number of piperazine rings is 1. The van der Waals surface area contributed by atoms with Gasteiger partial charge in [0.05, 0.1) is 20.1 Å². The van der Waals surface area contributed by atoms with Crippen molar-refractivity contribution in [3.63, 3.8) is 0 Å². The predicted octanol–water partition coefficient (Wildman–Crippen LogP) is 1.94. The van der Waals surface area contributed by atoms with Crippen LogP contribution in [0.5, 0.6) is 0 Å². The Morgan fingerprint density at radius 3 is 2.96 bits per heavy atom. The van der Waals surface area contributed by atoms with E-state index in [2.05, 4.69) is 26.9 Å². The number of carbonyl (C=O) groups excluding carboxylic acids is 1. The van der Waals surface area contributed by atoms with Gasteiger partial charge >= 0.3 is 5.97 Å². The van der Waals surface area contributed by atoms with E-state index in [1.165, 1.54) is 19.2 Å². The second kappa shape index (κ2) is 8.37. The summed E-state index contributed by atoms with van der Waals surface area (Å²) >= 11 is 0. The van der Waals surface area contributed by atoms with E-state index in [0.29, 0.717) is 42.9 Å². The van der Waals surface area contributed by atoms with Crippen molar-refractivity contribution in [2.24, 2.45) is 0 Å². The summed E-state index contributed by atoms with van der Waals surface area (Å²) in [6.45, 7) is 5.95. The van der Waals surface area contributed by atoms with Crippen LogP contribution in [0, 0.1) is 5.82 Å². The van der Waals surface area contributed by atoms with E-state index in [-0.39, 0.29) is 11.8 Å². The summed E-state index contributed by atoms with van der Waals surface area (Å²) in [4.78, 5) is 15.8. The minimum absolute atomic E-state index is 0.185. The molecule has 0 radical (unpaired) electrons. The van der Waals surface area contributed by atoms with Gasteiger partial charge in [0.25, 0.3) is 0 Å². The van der Waals surface area contributed by atoms with Gasteiger partial charge in [0.2, 0.25) is 11.8 Å². The topological polar surface area (TPSA) is 71.7 Å². The second-order valence-corrected chi connectivity index (χ2v) is 6.46. The fourth-order valence-corrected chi connectivity index (χ4v) is 3.13. The number of benzene rings is 1. The third-order valence-corrected chi connectivity index (χ3v) is 4.58. The molecule has 1 aromatic carbocycles. The Labute approximate surface area is 151 Å². The van der Waals surface area contributed by atoms with Crippen LogP contribution in [0.4, 0.5) is 4.39 Å². The lowest BCUT2D eigenvalue weighted by atomic mass is 10.2. The van der Waals surface area contributed by atoms with Crippen LogP contribution in [-0.4, -0.2) is 65.3 Å². The number of rotatable bonds is 6. The Kier molecular flexibility index (Phi) is 5.95. The SMILES string of the molecule is COC(=O)CCN1CCN(Cc2nnc(-c3cccc(F)c3)o2)CC1C. The van der Waals surface area contributed by atoms with Crippen molar-refractivity contribution in [2.75, 3.05) is 33.3 Å². The van der Waals surface area contributed by atoms with E-state index in [1.54, 1.807) is 12.1 Å². The van der Waals surface area contributed by atoms with Gasteiger partial charge in [-0.3, -0.25) is 14.6 Å². The van der Waals surface area contributed by atoms with Gasteiger partial charge in [-0.25, -0.2) is 4.39 Å². The fraction of sp³-hybridized carbons (Fsp3) is 0.500. The molecular formula is C18H23FN4O3. The number of halogens is 1. The lowest BCUT2D eigenvalue weighted by molar-refractivity contribution is -0.141. The van der Waals surface area contributed by atoms with Crippen molar-refractivity contribution >= 4 is 5.97 Å². The molecule has 0 aliphatic carbocycles. The van der Waals surface area contributed by atoms with Gasteiger partial charge < -0.3 is 9.15 Å². The summed E-state index contributed by atoms with van der Waals surface area (Å²) < 4.78 is 23.7. The summed E-state index contributed by atoms with van der Waals surface area (Å²) in [6.07, 6.45) is 0.404. The van der Waals surface area contributed by atoms with E-state index in [9.17, 15) is 9.18 Å². The Bertz CT molecular complexity index is 752. The minimum atomic E-state index is -0.334. The van der Waals surface area contributed by atoms with E-state index in [0.717, 1.165) is 19.6 Å². The Hall–Kier alpha value is -2.32. The molecular weight excluding hydrogens is 339 g/mol. The highest BCUT2D eigenvalue weighted by molar-refractivity contribution is 5.69. The normalized spacial score (nSPS) is 18.8. The van der Waals surface area contributed by atoms with Gasteiger partial charge in [0.1, 0.15) is 5.82 Å². The maximum absolute atomic E-state index is 13.3. The molecule has 2 heterocycles. The van der Waals surface area contributed by atoms with Crippen molar-refractivity contribution in [1.82, 2.24) is 20.0 Å².